The lowest BCUT2D eigenvalue weighted by Gasteiger charge is -2.07. The van der Waals surface area contributed by atoms with Gasteiger partial charge in [0.1, 0.15) is 11.6 Å². The summed E-state index contributed by atoms with van der Waals surface area (Å²) >= 11 is 0. The van der Waals surface area contributed by atoms with Crippen molar-refractivity contribution in [1.29, 1.82) is 0 Å². The standard InChI is InChI=1S/C13H14FN3O/c1-3-9-7-15-17-12(9)16-13(18)10-6-4-5-8(2)11(10)14/h4-7H,3H2,1-2H3,(H2,15,16,17,18). The van der Waals surface area contributed by atoms with Crippen molar-refractivity contribution < 1.29 is 9.18 Å². The molecule has 0 radical (unpaired) electrons. The van der Waals surface area contributed by atoms with E-state index in [9.17, 15) is 9.18 Å². The SMILES string of the molecule is CCc1cn[nH]c1NC(=O)c1cccc(C)c1F. The molecule has 2 N–H and O–H groups in total. The summed E-state index contributed by atoms with van der Waals surface area (Å²) in [6.07, 6.45) is 2.38. The van der Waals surface area contributed by atoms with Gasteiger partial charge in [0.2, 0.25) is 0 Å². The van der Waals surface area contributed by atoms with Crippen LogP contribution in [0.4, 0.5) is 10.2 Å². The first-order valence-corrected chi connectivity index (χ1v) is 5.72. The zero-order valence-electron chi connectivity index (χ0n) is 10.2. The average Bonchev–Trinajstić information content (AvgIpc) is 2.79. The molecule has 0 aliphatic heterocycles. The van der Waals surface area contributed by atoms with Crippen LogP contribution in [0, 0.1) is 12.7 Å². The van der Waals surface area contributed by atoms with Crippen molar-refractivity contribution in [3.8, 4) is 0 Å². The fraction of sp³-hybridized carbons (Fsp3) is 0.231. The van der Waals surface area contributed by atoms with Crippen LogP contribution in [0.3, 0.4) is 0 Å². The number of nitrogens with one attached hydrogen (secondary N) is 2. The first kappa shape index (κ1) is 12.3. The van der Waals surface area contributed by atoms with Gasteiger partial charge in [-0.25, -0.2) is 4.39 Å². The zero-order valence-corrected chi connectivity index (χ0v) is 10.2. The molecule has 5 heteroatoms. The molecule has 0 fully saturated rings. The molecule has 1 amide bonds. The van der Waals surface area contributed by atoms with Gasteiger partial charge in [-0.15, -0.1) is 0 Å². The molecular formula is C13H14FN3O. The molecule has 0 spiro atoms. The molecule has 0 unspecified atom stereocenters. The molecular weight excluding hydrogens is 233 g/mol. The van der Waals surface area contributed by atoms with Gasteiger partial charge in [-0.05, 0) is 25.0 Å². The number of nitrogens with zero attached hydrogens (tertiary/aromatic N) is 1. The highest BCUT2D eigenvalue weighted by Crippen LogP contribution is 2.16. The lowest BCUT2D eigenvalue weighted by Crippen LogP contribution is -2.15. The van der Waals surface area contributed by atoms with Gasteiger partial charge in [-0.2, -0.15) is 5.10 Å². The number of anilines is 1. The fourth-order valence-electron chi connectivity index (χ4n) is 1.69. The van der Waals surface area contributed by atoms with Crippen molar-refractivity contribution in [3.63, 3.8) is 0 Å². The van der Waals surface area contributed by atoms with Gasteiger partial charge < -0.3 is 5.32 Å². The van der Waals surface area contributed by atoms with Crippen molar-refractivity contribution in [2.45, 2.75) is 20.3 Å². The van der Waals surface area contributed by atoms with E-state index in [2.05, 4.69) is 15.5 Å². The number of halogens is 1. The molecule has 1 heterocycles. The topological polar surface area (TPSA) is 57.8 Å². The van der Waals surface area contributed by atoms with Crippen molar-refractivity contribution in [3.05, 3.63) is 46.9 Å². The van der Waals surface area contributed by atoms with Crippen LogP contribution in [0.1, 0.15) is 28.4 Å². The summed E-state index contributed by atoms with van der Waals surface area (Å²) in [5, 5.41) is 9.16. The number of hydrogen-bond acceptors (Lipinski definition) is 2. The third-order valence-electron chi connectivity index (χ3n) is 2.77. The van der Waals surface area contributed by atoms with E-state index in [0.29, 0.717) is 11.4 Å². The van der Waals surface area contributed by atoms with Gasteiger partial charge in [-0.3, -0.25) is 9.89 Å². The zero-order chi connectivity index (χ0) is 13.1. The minimum atomic E-state index is -0.493. The largest absolute Gasteiger partial charge is 0.307 e. The van der Waals surface area contributed by atoms with Crippen LogP contribution < -0.4 is 5.32 Å². The molecule has 2 aromatic rings. The summed E-state index contributed by atoms with van der Waals surface area (Å²) in [6.45, 7) is 3.58. The Bertz CT molecular complexity index is 577. The summed E-state index contributed by atoms with van der Waals surface area (Å²) < 4.78 is 13.8. The van der Waals surface area contributed by atoms with E-state index in [1.807, 2.05) is 6.92 Å². The number of hydrogen-bond donors (Lipinski definition) is 2. The second-order valence-electron chi connectivity index (χ2n) is 4.01. The first-order chi connectivity index (χ1) is 8.63. The third kappa shape index (κ3) is 2.25. The number of rotatable bonds is 3. The number of aromatic nitrogens is 2. The van der Waals surface area contributed by atoms with Crippen molar-refractivity contribution in [2.24, 2.45) is 0 Å². The predicted octanol–water partition coefficient (Wildman–Crippen LogP) is 2.67. The molecule has 0 saturated heterocycles. The van der Waals surface area contributed by atoms with E-state index in [4.69, 9.17) is 0 Å². The summed E-state index contributed by atoms with van der Waals surface area (Å²) in [5.41, 5.74) is 1.37. The Morgan fingerprint density at radius 1 is 1.50 bits per heavy atom. The Balaban J connectivity index is 2.25. The molecule has 1 aromatic carbocycles. The van der Waals surface area contributed by atoms with E-state index in [1.165, 1.54) is 6.07 Å². The van der Waals surface area contributed by atoms with Crippen LogP contribution in [0.5, 0.6) is 0 Å². The highest BCUT2D eigenvalue weighted by Gasteiger charge is 2.15. The molecule has 0 saturated carbocycles. The second kappa shape index (κ2) is 5.00. The molecule has 0 bridgehead atoms. The summed E-state index contributed by atoms with van der Waals surface area (Å²) in [5.74, 6) is -0.453. The number of aryl methyl sites for hydroxylation is 2. The minimum absolute atomic E-state index is 0.0339. The van der Waals surface area contributed by atoms with Gasteiger partial charge in [0.25, 0.3) is 5.91 Å². The summed E-state index contributed by atoms with van der Waals surface area (Å²) in [4.78, 5) is 12.0. The normalized spacial score (nSPS) is 10.4. The van der Waals surface area contributed by atoms with E-state index < -0.39 is 11.7 Å². The Hall–Kier alpha value is -2.17. The third-order valence-corrected chi connectivity index (χ3v) is 2.77. The molecule has 4 nitrogen and oxygen atoms in total. The Morgan fingerprint density at radius 3 is 3.00 bits per heavy atom. The fourth-order valence-corrected chi connectivity index (χ4v) is 1.69. The van der Waals surface area contributed by atoms with Crippen LogP contribution in [-0.4, -0.2) is 16.1 Å². The average molecular weight is 247 g/mol. The Labute approximate surface area is 104 Å². The molecule has 2 rings (SSSR count). The Kier molecular flexibility index (Phi) is 3.41. The maximum absolute atomic E-state index is 13.8. The lowest BCUT2D eigenvalue weighted by molar-refractivity contribution is 0.102. The van der Waals surface area contributed by atoms with Crippen LogP contribution in [0.2, 0.25) is 0 Å². The van der Waals surface area contributed by atoms with Crippen molar-refractivity contribution in [1.82, 2.24) is 10.2 Å². The minimum Gasteiger partial charge on any atom is -0.307 e. The van der Waals surface area contributed by atoms with E-state index >= 15 is 0 Å². The number of carbonyl (C=O) groups excluding carboxylic acids is 1. The number of carbonyl (C=O) groups is 1. The van der Waals surface area contributed by atoms with E-state index in [1.54, 1.807) is 25.3 Å². The highest BCUT2D eigenvalue weighted by molar-refractivity contribution is 6.04. The number of amides is 1. The van der Waals surface area contributed by atoms with Crippen molar-refractivity contribution >= 4 is 11.7 Å². The van der Waals surface area contributed by atoms with E-state index in [-0.39, 0.29) is 5.56 Å². The molecule has 1 aromatic heterocycles. The van der Waals surface area contributed by atoms with Gasteiger partial charge in [0.05, 0.1) is 11.8 Å². The molecule has 0 atom stereocenters. The predicted molar refractivity (Wildman–Crippen MR) is 67.1 cm³/mol. The highest BCUT2D eigenvalue weighted by atomic mass is 19.1. The van der Waals surface area contributed by atoms with Crippen LogP contribution in [0.15, 0.2) is 24.4 Å². The lowest BCUT2D eigenvalue weighted by atomic mass is 10.1. The van der Waals surface area contributed by atoms with Gasteiger partial charge >= 0.3 is 0 Å². The molecule has 18 heavy (non-hydrogen) atoms. The quantitative estimate of drug-likeness (QED) is 0.876. The number of aromatic amines is 1. The maximum Gasteiger partial charge on any atom is 0.259 e. The van der Waals surface area contributed by atoms with Crippen LogP contribution in [0.25, 0.3) is 0 Å². The van der Waals surface area contributed by atoms with Crippen LogP contribution in [-0.2, 0) is 6.42 Å². The number of H-pyrrole nitrogens is 1. The summed E-state index contributed by atoms with van der Waals surface area (Å²) in [6, 6.07) is 4.74. The summed E-state index contributed by atoms with van der Waals surface area (Å²) in [7, 11) is 0. The smallest absolute Gasteiger partial charge is 0.259 e. The monoisotopic (exact) mass is 247 g/mol. The molecule has 0 aliphatic carbocycles. The van der Waals surface area contributed by atoms with Crippen LogP contribution >= 0.6 is 0 Å². The Morgan fingerprint density at radius 2 is 2.28 bits per heavy atom. The number of benzene rings is 1. The van der Waals surface area contributed by atoms with Gasteiger partial charge in [0.15, 0.2) is 0 Å². The second-order valence-corrected chi connectivity index (χ2v) is 4.01. The molecule has 94 valence electrons. The van der Waals surface area contributed by atoms with Gasteiger partial charge in [-0.1, -0.05) is 19.1 Å². The van der Waals surface area contributed by atoms with Crippen molar-refractivity contribution in [2.75, 3.05) is 5.32 Å². The maximum atomic E-state index is 13.8. The first-order valence-electron chi connectivity index (χ1n) is 5.72. The van der Waals surface area contributed by atoms with Gasteiger partial charge in [0, 0.05) is 5.56 Å². The van der Waals surface area contributed by atoms with E-state index in [0.717, 1.165) is 12.0 Å². The molecule has 0 aliphatic rings.